The van der Waals surface area contributed by atoms with Crippen molar-refractivity contribution in [2.75, 3.05) is 13.2 Å². The van der Waals surface area contributed by atoms with Crippen LogP contribution >= 0.6 is 0 Å². The summed E-state index contributed by atoms with van der Waals surface area (Å²) in [4.78, 5) is 0. The number of para-hydroxylation sites is 2. The van der Waals surface area contributed by atoms with Crippen molar-refractivity contribution in [1.29, 1.82) is 5.41 Å². The van der Waals surface area contributed by atoms with Gasteiger partial charge in [0.05, 0.1) is 19.0 Å². The average Bonchev–Trinajstić information content (AvgIpc) is 2.45. The molecule has 0 aromatic heterocycles. The highest BCUT2D eigenvalue weighted by molar-refractivity contribution is 5.82. The van der Waals surface area contributed by atoms with E-state index in [1.807, 2.05) is 38.1 Å². The number of rotatable bonds is 10. The van der Waals surface area contributed by atoms with Crippen LogP contribution in [0, 0.1) is 10.8 Å². The first kappa shape index (κ1) is 17.3. The standard InChI is InChI=1S/C17H28N2O2/c1-4-12-20-14-9-5-6-10-15(14)21-13-8-7-11-17(2,3)16(18)19/h5-6,9-10H,4,7-8,11-13H2,1-3H3,(H3,18,19). The molecule has 0 fully saturated rings. The van der Waals surface area contributed by atoms with Crippen LogP contribution in [-0.2, 0) is 0 Å². The molecule has 0 bridgehead atoms. The number of unbranched alkanes of at least 4 members (excludes halogenated alkanes) is 1. The molecule has 0 unspecified atom stereocenters. The van der Waals surface area contributed by atoms with Crippen LogP contribution in [0.1, 0.15) is 46.5 Å². The molecule has 0 aliphatic heterocycles. The summed E-state index contributed by atoms with van der Waals surface area (Å²) in [5, 5.41) is 7.53. The van der Waals surface area contributed by atoms with E-state index in [4.69, 9.17) is 20.6 Å². The van der Waals surface area contributed by atoms with Crippen molar-refractivity contribution < 1.29 is 9.47 Å². The number of ether oxygens (including phenoxy) is 2. The third-order valence-corrected chi connectivity index (χ3v) is 3.49. The minimum atomic E-state index is -0.220. The molecule has 0 radical (unpaired) electrons. The summed E-state index contributed by atoms with van der Waals surface area (Å²) in [5.74, 6) is 1.86. The molecule has 0 spiro atoms. The van der Waals surface area contributed by atoms with Gasteiger partial charge in [-0.3, -0.25) is 5.41 Å². The first-order valence-corrected chi connectivity index (χ1v) is 7.66. The molecule has 118 valence electrons. The normalized spacial score (nSPS) is 11.2. The van der Waals surface area contributed by atoms with Crippen LogP contribution in [0.25, 0.3) is 0 Å². The van der Waals surface area contributed by atoms with Crippen molar-refractivity contribution in [3.63, 3.8) is 0 Å². The summed E-state index contributed by atoms with van der Waals surface area (Å²) < 4.78 is 11.5. The maximum Gasteiger partial charge on any atom is 0.161 e. The number of nitrogens with one attached hydrogen (secondary N) is 1. The Kier molecular flexibility index (Phi) is 7.06. The van der Waals surface area contributed by atoms with Gasteiger partial charge in [0.25, 0.3) is 0 Å². The van der Waals surface area contributed by atoms with Crippen LogP contribution in [0.5, 0.6) is 11.5 Å². The minimum Gasteiger partial charge on any atom is -0.490 e. The summed E-state index contributed by atoms with van der Waals surface area (Å²) in [6.07, 6.45) is 3.82. The van der Waals surface area contributed by atoms with E-state index in [1.165, 1.54) is 0 Å². The Hall–Kier alpha value is -1.71. The lowest BCUT2D eigenvalue weighted by atomic mass is 9.86. The van der Waals surface area contributed by atoms with Crippen molar-refractivity contribution in [2.24, 2.45) is 11.1 Å². The van der Waals surface area contributed by atoms with Crippen LogP contribution < -0.4 is 15.2 Å². The quantitative estimate of drug-likeness (QED) is 0.389. The molecule has 1 aromatic rings. The maximum atomic E-state index is 7.53. The Morgan fingerprint density at radius 3 is 2.19 bits per heavy atom. The molecular weight excluding hydrogens is 264 g/mol. The van der Waals surface area contributed by atoms with Gasteiger partial charge in [-0.15, -0.1) is 0 Å². The lowest BCUT2D eigenvalue weighted by molar-refractivity contribution is 0.260. The summed E-state index contributed by atoms with van der Waals surface area (Å²) in [6, 6.07) is 7.77. The lowest BCUT2D eigenvalue weighted by Crippen LogP contribution is -2.30. The van der Waals surface area contributed by atoms with Gasteiger partial charge in [0.1, 0.15) is 0 Å². The molecule has 1 aromatic carbocycles. The second kappa shape index (κ2) is 8.55. The highest BCUT2D eigenvalue weighted by Crippen LogP contribution is 2.27. The van der Waals surface area contributed by atoms with Crippen LogP contribution in [0.15, 0.2) is 24.3 Å². The first-order valence-electron chi connectivity index (χ1n) is 7.66. The Bertz CT molecular complexity index is 444. The Balaban J connectivity index is 2.34. The molecule has 1 rings (SSSR count). The number of benzene rings is 1. The van der Waals surface area contributed by atoms with E-state index in [1.54, 1.807) is 0 Å². The molecule has 0 heterocycles. The zero-order valence-electron chi connectivity index (χ0n) is 13.4. The highest BCUT2D eigenvalue weighted by atomic mass is 16.5. The fourth-order valence-electron chi connectivity index (χ4n) is 1.89. The van der Waals surface area contributed by atoms with Gasteiger partial charge in [-0.1, -0.05) is 32.9 Å². The second-order valence-corrected chi connectivity index (χ2v) is 5.90. The van der Waals surface area contributed by atoms with E-state index in [2.05, 4.69) is 6.92 Å². The molecule has 21 heavy (non-hydrogen) atoms. The van der Waals surface area contributed by atoms with Gasteiger partial charge in [0.2, 0.25) is 0 Å². The lowest BCUT2D eigenvalue weighted by Gasteiger charge is -2.22. The third kappa shape index (κ3) is 6.06. The fourth-order valence-corrected chi connectivity index (χ4v) is 1.89. The van der Waals surface area contributed by atoms with E-state index >= 15 is 0 Å². The Labute approximate surface area is 128 Å². The van der Waals surface area contributed by atoms with E-state index < -0.39 is 0 Å². The number of hydrogen-bond donors (Lipinski definition) is 2. The van der Waals surface area contributed by atoms with Crippen molar-refractivity contribution >= 4 is 5.84 Å². The number of amidine groups is 1. The van der Waals surface area contributed by atoms with Crippen LogP contribution in [0.3, 0.4) is 0 Å². The largest absolute Gasteiger partial charge is 0.490 e. The van der Waals surface area contributed by atoms with E-state index in [0.717, 1.165) is 37.2 Å². The molecule has 0 aliphatic carbocycles. The van der Waals surface area contributed by atoms with Gasteiger partial charge < -0.3 is 15.2 Å². The van der Waals surface area contributed by atoms with Gasteiger partial charge in [0, 0.05) is 5.41 Å². The predicted molar refractivity (Wildman–Crippen MR) is 87.3 cm³/mol. The van der Waals surface area contributed by atoms with Crippen LogP contribution in [-0.4, -0.2) is 19.0 Å². The Morgan fingerprint density at radius 1 is 1.10 bits per heavy atom. The summed E-state index contributed by atoms with van der Waals surface area (Å²) in [6.45, 7) is 7.45. The smallest absolute Gasteiger partial charge is 0.161 e. The number of nitrogens with two attached hydrogens (primary N) is 1. The minimum absolute atomic E-state index is 0.220. The molecule has 0 amide bonds. The van der Waals surface area contributed by atoms with Gasteiger partial charge in [-0.2, -0.15) is 0 Å². The fraction of sp³-hybridized carbons (Fsp3) is 0.588. The monoisotopic (exact) mass is 292 g/mol. The first-order chi connectivity index (χ1) is 9.97. The summed E-state index contributed by atoms with van der Waals surface area (Å²) >= 11 is 0. The molecule has 0 saturated carbocycles. The molecule has 0 aliphatic rings. The zero-order chi connectivity index (χ0) is 15.7. The average molecular weight is 292 g/mol. The second-order valence-electron chi connectivity index (χ2n) is 5.90. The van der Waals surface area contributed by atoms with Crippen LogP contribution in [0.4, 0.5) is 0 Å². The van der Waals surface area contributed by atoms with Gasteiger partial charge >= 0.3 is 0 Å². The SMILES string of the molecule is CCCOc1ccccc1OCCCCC(C)(C)C(=N)N. The summed E-state index contributed by atoms with van der Waals surface area (Å²) in [7, 11) is 0. The molecule has 0 saturated heterocycles. The Morgan fingerprint density at radius 2 is 1.67 bits per heavy atom. The van der Waals surface area contributed by atoms with Crippen molar-refractivity contribution in [2.45, 2.75) is 46.5 Å². The van der Waals surface area contributed by atoms with E-state index in [9.17, 15) is 0 Å². The summed E-state index contributed by atoms with van der Waals surface area (Å²) in [5.41, 5.74) is 5.36. The van der Waals surface area contributed by atoms with Crippen molar-refractivity contribution in [3.05, 3.63) is 24.3 Å². The molecule has 4 nitrogen and oxygen atoms in total. The molecule has 3 N–H and O–H groups in total. The van der Waals surface area contributed by atoms with Gasteiger partial charge in [0.15, 0.2) is 11.5 Å². The zero-order valence-corrected chi connectivity index (χ0v) is 13.4. The predicted octanol–water partition coefficient (Wildman–Crippen LogP) is 3.99. The third-order valence-electron chi connectivity index (χ3n) is 3.49. The van der Waals surface area contributed by atoms with E-state index in [0.29, 0.717) is 13.2 Å². The van der Waals surface area contributed by atoms with Crippen LogP contribution in [0.2, 0.25) is 0 Å². The maximum absolute atomic E-state index is 7.53. The number of hydrogen-bond acceptors (Lipinski definition) is 3. The molecule has 4 heteroatoms. The molecular formula is C17H28N2O2. The topological polar surface area (TPSA) is 68.3 Å². The highest BCUT2D eigenvalue weighted by Gasteiger charge is 2.20. The van der Waals surface area contributed by atoms with E-state index in [-0.39, 0.29) is 11.3 Å². The molecule has 0 atom stereocenters. The van der Waals surface area contributed by atoms with Crippen molar-refractivity contribution in [1.82, 2.24) is 0 Å². The van der Waals surface area contributed by atoms with Gasteiger partial charge in [-0.05, 0) is 37.8 Å². The van der Waals surface area contributed by atoms with Gasteiger partial charge in [-0.25, -0.2) is 0 Å². The van der Waals surface area contributed by atoms with Crippen molar-refractivity contribution in [3.8, 4) is 11.5 Å².